The lowest BCUT2D eigenvalue weighted by Crippen LogP contribution is -2.29. The Morgan fingerprint density at radius 1 is 1.62 bits per heavy atom. The first-order chi connectivity index (χ1) is 6.36. The van der Waals surface area contributed by atoms with Crippen LogP contribution in [0.2, 0.25) is 0 Å². The van der Waals surface area contributed by atoms with Crippen LogP contribution in [0, 0.1) is 0 Å². The zero-order valence-corrected chi connectivity index (χ0v) is 9.06. The van der Waals surface area contributed by atoms with E-state index in [9.17, 15) is 0 Å². The second-order valence-corrected chi connectivity index (χ2v) is 4.25. The van der Waals surface area contributed by atoms with Crippen LogP contribution < -0.4 is 5.32 Å². The Kier molecular flexibility index (Phi) is 5.01. The summed E-state index contributed by atoms with van der Waals surface area (Å²) in [6.45, 7) is 2.18. The SMILES string of the molecule is CCSCC(Cc1ccco1)NC. The van der Waals surface area contributed by atoms with E-state index in [2.05, 4.69) is 12.2 Å². The molecule has 0 aliphatic rings. The molecular formula is C10H17NOS. The first kappa shape index (κ1) is 10.7. The molecule has 0 bridgehead atoms. The Balaban J connectivity index is 2.31. The summed E-state index contributed by atoms with van der Waals surface area (Å²) in [4.78, 5) is 0. The number of likely N-dealkylation sites (N-methyl/N-ethyl adjacent to an activating group) is 1. The van der Waals surface area contributed by atoms with Gasteiger partial charge in [-0.15, -0.1) is 0 Å². The van der Waals surface area contributed by atoms with Crippen molar-refractivity contribution < 1.29 is 4.42 Å². The number of thioether (sulfide) groups is 1. The zero-order valence-electron chi connectivity index (χ0n) is 8.25. The van der Waals surface area contributed by atoms with Crippen LogP contribution in [0.5, 0.6) is 0 Å². The van der Waals surface area contributed by atoms with Gasteiger partial charge in [0.2, 0.25) is 0 Å². The van der Waals surface area contributed by atoms with Gasteiger partial charge in [0.1, 0.15) is 5.76 Å². The lowest BCUT2D eigenvalue weighted by molar-refractivity contribution is 0.474. The highest BCUT2D eigenvalue weighted by molar-refractivity contribution is 7.99. The van der Waals surface area contributed by atoms with Crippen molar-refractivity contribution >= 4 is 11.8 Å². The summed E-state index contributed by atoms with van der Waals surface area (Å²) in [5, 5.41) is 3.29. The van der Waals surface area contributed by atoms with Gasteiger partial charge >= 0.3 is 0 Å². The lowest BCUT2D eigenvalue weighted by atomic mass is 10.2. The Morgan fingerprint density at radius 2 is 2.46 bits per heavy atom. The van der Waals surface area contributed by atoms with Crippen LogP contribution in [0.3, 0.4) is 0 Å². The fraction of sp³-hybridized carbons (Fsp3) is 0.600. The van der Waals surface area contributed by atoms with E-state index in [-0.39, 0.29) is 0 Å². The maximum atomic E-state index is 5.30. The molecule has 74 valence electrons. The Labute approximate surface area is 84.1 Å². The van der Waals surface area contributed by atoms with Gasteiger partial charge in [-0.2, -0.15) is 11.8 Å². The van der Waals surface area contributed by atoms with E-state index in [1.165, 1.54) is 5.75 Å². The molecule has 1 unspecified atom stereocenters. The molecule has 0 aromatic carbocycles. The summed E-state index contributed by atoms with van der Waals surface area (Å²) in [5.74, 6) is 3.39. The Hall–Kier alpha value is -0.410. The maximum absolute atomic E-state index is 5.30. The molecule has 1 aromatic rings. The van der Waals surface area contributed by atoms with E-state index in [0.29, 0.717) is 6.04 Å². The summed E-state index contributed by atoms with van der Waals surface area (Å²) in [6, 6.07) is 4.49. The van der Waals surface area contributed by atoms with Crippen molar-refractivity contribution in [3.05, 3.63) is 24.2 Å². The lowest BCUT2D eigenvalue weighted by Gasteiger charge is -2.13. The number of furan rings is 1. The molecule has 1 heterocycles. The molecule has 1 rings (SSSR count). The number of rotatable bonds is 6. The van der Waals surface area contributed by atoms with E-state index in [4.69, 9.17) is 4.42 Å². The smallest absolute Gasteiger partial charge is 0.105 e. The van der Waals surface area contributed by atoms with Crippen LogP contribution in [0.1, 0.15) is 12.7 Å². The molecule has 13 heavy (non-hydrogen) atoms. The predicted molar refractivity (Wildman–Crippen MR) is 58.3 cm³/mol. The van der Waals surface area contributed by atoms with Gasteiger partial charge in [-0.25, -0.2) is 0 Å². The molecule has 0 saturated heterocycles. The van der Waals surface area contributed by atoms with Crippen molar-refractivity contribution in [2.24, 2.45) is 0 Å². The Bertz CT molecular complexity index is 211. The standard InChI is InChI=1S/C10H17NOS/c1-3-13-8-9(11-2)7-10-5-4-6-12-10/h4-6,9,11H,3,7-8H2,1-2H3. The third kappa shape index (κ3) is 3.87. The van der Waals surface area contributed by atoms with Gasteiger partial charge in [-0.3, -0.25) is 0 Å². The van der Waals surface area contributed by atoms with E-state index < -0.39 is 0 Å². The number of hydrogen-bond donors (Lipinski definition) is 1. The summed E-state index contributed by atoms with van der Waals surface area (Å²) in [6.07, 6.45) is 2.71. The molecule has 0 spiro atoms. The molecule has 2 nitrogen and oxygen atoms in total. The second kappa shape index (κ2) is 6.11. The quantitative estimate of drug-likeness (QED) is 0.760. The third-order valence-electron chi connectivity index (χ3n) is 1.96. The Morgan fingerprint density at radius 3 is 3.00 bits per heavy atom. The van der Waals surface area contributed by atoms with E-state index in [0.717, 1.165) is 17.9 Å². The average molecular weight is 199 g/mol. The summed E-state index contributed by atoms with van der Waals surface area (Å²) in [5.41, 5.74) is 0. The van der Waals surface area contributed by atoms with Gasteiger partial charge in [0.25, 0.3) is 0 Å². The largest absolute Gasteiger partial charge is 0.469 e. The van der Waals surface area contributed by atoms with Gasteiger partial charge in [0.15, 0.2) is 0 Å². The molecule has 1 atom stereocenters. The van der Waals surface area contributed by atoms with E-state index >= 15 is 0 Å². The summed E-state index contributed by atoms with van der Waals surface area (Å²) < 4.78 is 5.30. The van der Waals surface area contributed by atoms with Crippen LogP contribution in [-0.4, -0.2) is 24.6 Å². The van der Waals surface area contributed by atoms with E-state index in [1.807, 2.05) is 30.9 Å². The van der Waals surface area contributed by atoms with Crippen molar-refractivity contribution in [2.45, 2.75) is 19.4 Å². The summed E-state index contributed by atoms with van der Waals surface area (Å²) >= 11 is 1.96. The van der Waals surface area contributed by atoms with Crippen LogP contribution in [0.25, 0.3) is 0 Å². The van der Waals surface area contributed by atoms with Gasteiger partial charge in [-0.05, 0) is 24.9 Å². The molecule has 0 aliphatic heterocycles. The van der Waals surface area contributed by atoms with Crippen molar-refractivity contribution in [2.75, 3.05) is 18.6 Å². The molecule has 0 amide bonds. The van der Waals surface area contributed by atoms with Gasteiger partial charge < -0.3 is 9.73 Å². The minimum Gasteiger partial charge on any atom is -0.469 e. The van der Waals surface area contributed by atoms with Crippen LogP contribution in [0.15, 0.2) is 22.8 Å². The highest BCUT2D eigenvalue weighted by Crippen LogP contribution is 2.08. The molecule has 1 aromatic heterocycles. The fourth-order valence-corrected chi connectivity index (χ4v) is 1.98. The van der Waals surface area contributed by atoms with E-state index in [1.54, 1.807) is 6.26 Å². The van der Waals surface area contributed by atoms with Crippen LogP contribution in [-0.2, 0) is 6.42 Å². The van der Waals surface area contributed by atoms with Crippen molar-refractivity contribution in [3.63, 3.8) is 0 Å². The highest BCUT2D eigenvalue weighted by atomic mass is 32.2. The maximum Gasteiger partial charge on any atom is 0.105 e. The summed E-state index contributed by atoms with van der Waals surface area (Å²) in [7, 11) is 2.00. The average Bonchev–Trinajstić information content (AvgIpc) is 2.64. The minimum atomic E-state index is 0.524. The predicted octanol–water partition coefficient (Wildman–Crippen LogP) is 2.16. The second-order valence-electron chi connectivity index (χ2n) is 2.93. The molecule has 0 radical (unpaired) electrons. The van der Waals surface area contributed by atoms with Crippen molar-refractivity contribution in [1.29, 1.82) is 0 Å². The van der Waals surface area contributed by atoms with Crippen LogP contribution in [0.4, 0.5) is 0 Å². The number of nitrogens with one attached hydrogen (secondary N) is 1. The molecule has 0 saturated carbocycles. The normalized spacial score (nSPS) is 13.1. The fourth-order valence-electron chi connectivity index (χ4n) is 1.18. The molecule has 3 heteroatoms. The minimum absolute atomic E-state index is 0.524. The molecular weight excluding hydrogens is 182 g/mol. The van der Waals surface area contributed by atoms with Gasteiger partial charge in [0, 0.05) is 18.2 Å². The zero-order chi connectivity index (χ0) is 9.52. The van der Waals surface area contributed by atoms with Crippen molar-refractivity contribution in [1.82, 2.24) is 5.32 Å². The van der Waals surface area contributed by atoms with Gasteiger partial charge in [-0.1, -0.05) is 6.92 Å². The van der Waals surface area contributed by atoms with Crippen molar-refractivity contribution in [3.8, 4) is 0 Å². The number of hydrogen-bond acceptors (Lipinski definition) is 3. The molecule has 0 fully saturated rings. The molecule has 1 N–H and O–H groups in total. The highest BCUT2D eigenvalue weighted by Gasteiger charge is 2.07. The third-order valence-corrected chi connectivity index (χ3v) is 3.01. The van der Waals surface area contributed by atoms with Gasteiger partial charge in [0.05, 0.1) is 6.26 Å². The first-order valence-electron chi connectivity index (χ1n) is 4.64. The van der Waals surface area contributed by atoms with Crippen LogP contribution >= 0.6 is 11.8 Å². The topological polar surface area (TPSA) is 25.2 Å². The monoisotopic (exact) mass is 199 g/mol. The molecule has 0 aliphatic carbocycles. The first-order valence-corrected chi connectivity index (χ1v) is 5.79.